The Morgan fingerprint density at radius 2 is 1.46 bits per heavy atom. The van der Waals surface area contributed by atoms with Crippen molar-refractivity contribution in [2.24, 2.45) is 17.3 Å². The van der Waals surface area contributed by atoms with Crippen LogP contribution in [0.3, 0.4) is 0 Å². The number of benzene rings is 2. The van der Waals surface area contributed by atoms with Crippen molar-refractivity contribution < 1.29 is 24.2 Å². The van der Waals surface area contributed by atoms with Crippen LogP contribution in [0, 0.1) is 17.3 Å². The Hall–Kier alpha value is -3.15. The number of carbonyl (C=O) groups excluding carboxylic acids is 2. The fourth-order valence-electron chi connectivity index (χ4n) is 5.27. The first-order valence-corrected chi connectivity index (χ1v) is 12.5. The standard InChI is InChI=1S/C29H37NO5/c1-20(21(2)30-22(3)31)25(27(32)33)16-19-29(17-10-11-18-29)28(34)35-26(23-12-6-4-7-13-23)24-14-8-5-9-15-24/h4-9,12-15,20-21,25-26H,10-11,16-19H2,1-3H3,(H,30,31)(H,32,33). The van der Waals surface area contributed by atoms with Gasteiger partial charge in [-0.3, -0.25) is 14.4 Å². The number of carbonyl (C=O) groups is 3. The molecule has 1 fully saturated rings. The monoisotopic (exact) mass is 479 g/mol. The Labute approximate surface area is 208 Å². The van der Waals surface area contributed by atoms with Gasteiger partial charge in [0.2, 0.25) is 5.91 Å². The van der Waals surface area contributed by atoms with Gasteiger partial charge in [-0.2, -0.15) is 0 Å². The van der Waals surface area contributed by atoms with Crippen LogP contribution in [0.2, 0.25) is 0 Å². The van der Waals surface area contributed by atoms with Crippen LogP contribution in [0.5, 0.6) is 0 Å². The molecule has 3 rings (SSSR count). The lowest BCUT2D eigenvalue weighted by Crippen LogP contribution is -2.41. The summed E-state index contributed by atoms with van der Waals surface area (Å²) in [5, 5.41) is 12.7. The number of hydrogen-bond acceptors (Lipinski definition) is 4. The number of carboxylic acid groups (broad SMARTS) is 1. The Morgan fingerprint density at radius 1 is 0.943 bits per heavy atom. The molecular formula is C29H37NO5. The second-order valence-electron chi connectivity index (χ2n) is 9.93. The molecule has 188 valence electrons. The predicted octanol–water partition coefficient (Wildman–Crippen LogP) is 5.52. The van der Waals surface area contributed by atoms with Crippen LogP contribution in [0.15, 0.2) is 60.7 Å². The maximum Gasteiger partial charge on any atom is 0.313 e. The van der Waals surface area contributed by atoms with E-state index in [0.29, 0.717) is 25.7 Å². The summed E-state index contributed by atoms with van der Waals surface area (Å²) in [6.07, 6.45) is 3.54. The third-order valence-electron chi connectivity index (χ3n) is 7.53. The molecule has 0 heterocycles. The summed E-state index contributed by atoms with van der Waals surface area (Å²) in [5.74, 6) is -2.27. The third-order valence-corrected chi connectivity index (χ3v) is 7.53. The number of esters is 1. The molecule has 0 bridgehead atoms. The predicted molar refractivity (Wildman–Crippen MR) is 135 cm³/mol. The number of carboxylic acids is 1. The summed E-state index contributed by atoms with van der Waals surface area (Å²) in [6.45, 7) is 5.10. The molecule has 3 atom stereocenters. The van der Waals surface area contributed by atoms with Crippen molar-refractivity contribution in [3.63, 3.8) is 0 Å². The first kappa shape index (κ1) is 26.5. The fraction of sp³-hybridized carbons (Fsp3) is 0.483. The number of hydrogen-bond donors (Lipinski definition) is 2. The van der Waals surface area contributed by atoms with E-state index >= 15 is 0 Å². The first-order valence-electron chi connectivity index (χ1n) is 12.5. The van der Waals surface area contributed by atoms with Gasteiger partial charge in [0.25, 0.3) is 0 Å². The lowest BCUT2D eigenvalue weighted by molar-refractivity contribution is -0.161. The Balaban J connectivity index is 1.79. The van der Waals surface area contributed by atoms with Gasteiger partial charge in [0, 0.05) is 13.0 Å². The van der Waals surface area contributed by atoms with Gasteiger partial charge < -0.3 is 15.2 Å². The molecule has 3 unspecified atom stereocenters. The minimum Gasteiger partial charge on any atom is -0.481 e. The van der Waals surface area contributed by atoms with Crippen LogP contribution in [-0.2, 0) is 19.1 Å². The van der Waals surface area contributed by atoms with Crippen molar-refractivity contribution in [3.8, 4) is 0 Å². The zero-order chi connectivity index (χ0) is 25.4. The van der Waals surface area contributed by atoms with Gasteiger partial charge in [-0.25, -0.2) is 0 Å². The minimum atomic E-state index is -0.900. The molecular weight excluding hydrogens is 442 g/mol. The molecule has 1 saturated carbocycles. The molecule has 0 spiro atoms. The van der Waals surface area contributed by atoms with E-state index < -0.39 is 23.4 Å². The second-order valence-corrected chi connectivity index (χ2v) is 9.93. The van der Waals surface area contributed by atoms with E-state index in [1.54, 1.807) is 0 Å². The summed E-state index contributed by atoms with van der Waals surface area (Å²) in [7, 11) is 0. The van der Waals surface area contributed by atoms with E-state index in [1.165, 1.54) is 6.92 Å². The van der Waals surface area contributed by atoms with Crippen LogP contribution in [0.1, 0.15) is 76.5 Å². The van der Waals surface area contributed by atoms with Crippen molar-refractivity contribution in [1.82, 2.24) is 5.32 Å². The van der Waals surface area contributed by atoms with E-state index in [0.717, 1.165) is 24.0 Å². The molecule has 0 saturated heterocycles. The molecule has 2 N–H and O–H groups in total. The molecule has 2 aromatic carbocycles. The lowest BCUT2D eigenvalue weighted by atomic mass is 9.76. The first-order chi connectivity index (χ1) is 16.7. The molecule has 6 nitrogen and oxygen atoms in total. The third kappa shape index (κ3) is 6.71. The van der Waals surface area contributed by atoms with E-state index in [4.69, 9.17) is 4.74 Å². The van der Waals surface area contributed by atoms with Gasteiger partial charge in [-0.15, -0.1) is 0 Å². The molecule has 1 aliphatic carbocycles. The van der Waals surface area contributed by atoms with Gasteiger partial charge in [-0.1, -0.05) is 80.4 Å². The molecule has 6 heteroatoms. The molecule has 35 heavy (non-hydrogen) atoms. The number of nitrogens with one attached hydrogen (secondary N) is 1. The van der Waals surface area contributed by atoms with Crippen LogP contribution in [0.4, 0.5) is 0 Å². The molecule has 1 amide bonds. The highest BCUT2D eigenvalue weighted by molar-refractivity contribution is 5.78. The maximum absolute atomic E-state index is 13.7. The summed E-state index contributed by atoms with van der Waals surface area (Å²) in [4.78, 5) is 37.3. The van der Waals surface area contributed by atoms with Crippen molar-refractivity contribution in [3.05, 3.63) is 71.8 Å². The van der Waals surface area contributed by atoms with Crippen molar-refractivity contribution in [2.45, 2.75) is 71.4 Å². The molecule has 0 aromatic heterocycles. The molecule has 2 aromatic rings. The van der Waals surface area contributed by atoms with Crippen LogP contribution < -0.4 is 5.32 Å². The highest BCUT2D eigenvalue weighted by Gasteiger charge is 2.45. The Kier molecular flexibility index (Phi) is 9.07. The topological polar surface area (TPSA) is 92.7 Å². The second kappa shape index (κ2) is 12.0. The molecule has 1 aliphatic rings. The quantitative estimate of drug-likeness (QED) is 0.414. The van der Waals surface area contributed by atoms with Gasteiger partial charge in [0.15, 0.2) is 6.10 Å². The van der Waals surface area contributed by atoms with E-state index in [2.05, 4.69) is 5.32 Å². The summed E-state index contributed by atoms with van der Waals surface area (Å²) < 4.78 is 6.22. The van der Waals surface area contributed by atoms with Crippen molar-refractivity contribution in [2.75, 3.05) is 0 Å². The number of rotatable bonds is 11. The van der Waals surface area contributed by atoms with Crippen LogP contribution >= 0.6 is 0 Å². The number of aliphatic carboxylic acids is 1. The SMILES string of the molecule is CC(=O)NC(C)C(C)C(CCC1(C(=O)OC(c2ccccc2)c2ccccc2)CCCC1)C(=O)O. The van der Waals surface area contributed by atoms with Gasteiger partial charge >= 0.3 is 11.9 Å². The summed E-state index contributed by atoms with van der Waals surface area (Å²) in [6, 6.07) is 19.1. The average Bonchev–Trinajstić information content (AvgIpc) is 3.33. The summed E-state index contributed by atoms with van der Waals surface area (Å²) >= 11 is 0. The van der Waals surface area contributed by atoms with Crippen molar-refractivity contribution >= 4 is 17.8 Å². The Bertz CT molecular complexity index is 945. The minimum absolute atomic E-state index is 0.183. The molecule has 0 radical (unpaired) electrons. The van der Waals surface area contributed by atoms with Crippen LogP contribution in [-0.4, -0.2) is 29.0 Å². The van der Waals surface area contributed by atoms with Gasteiger partial charge in [0.05, 0.1) is 11.3 Å². The van der Waals surface area contributed by atoms with E-state index in [9.17, 15) is 19.5 Å². The zero-order valence-electron chi connectivity index (χ0n) is 20.9. The largest absolute Gasteiger partial charge is 0.481 e. The normalized spacial score (nSPS) is 17.4. The number of ether oxygens (including phenoxy) is 1. The Morgan fingerprint density at radius 3 is 1.91 bits per heavy atom. The fourth-order valence-corrected chi connectivity index (χ4v) is 5.27. The average molecular weight is 480 g/mol. The summed E-state index contributed by atoms with van der Waals surface area (Å²) in [5.41, 5.74) is 1.12. The molecule has 0 aliphatic heterocycles. The zero-order valence-corrected chi connectivity index (χ0v) is 20.9. The van der Waals surface area contributed by atoms with E-state index in [-0.39, 0.29) is 23.8 Å². The van der Waals surface area contributed by atoms with Crippen molar-refractivity contribution in [1.29, 1.82) is 0 Å². The highest BCUT2D eigenvalue weighted by atomic mass is 16.5. The van der Waals surface area contributed by atoms with Gasteiger partial charge in [-0.05, 0) is 49.7 Å². The smallest absolute Gasteiger partial charge is 0.313 e. The van der Waals surface area contributed by atoms with Gasteiger partial charge in [0.1, 0.15) is 0 Å². The highest BCUT2D eigenvalue weighted by Crippen LogP contribution is 2.46. The maximum atomic E-state index is 13.7. The van der Waals surface area contributed by atoms with Crippen LogP contribution in [0.25, 0.3) is 0 Å². The number of amides is 1. The van der Waals surface area contributed by atoms with E-state index in [1.807, 2.05) is 74.5 Å². The lowest BCUT2D eigenvalue weighted by Gasteiger charge is -2.32.